The second-order valence-electron chi connectivity index (χ2n) is 4.75. The number of nitrogens with zero attached hydrogens (tertiary/aromatic N) is 4. The minimum Gasteiger partial charge on any atom is -0.481 e. The lowest BCUT2D eigenvalue weighted by Crippen LogP contribution is -2.48. The molecule has 1 aliphatic heterocycles. The first kappa shape index (κ1) is 11.0. The van der Waals surface area contributed by atoms with Gasteiger partial charge in [0, 0.05) is 19.0 Å². The summed E-state index contributed by atoms with van der Waals surface area (Å²) in [7, 11) is 0. The molecule has 94 valence electrons. The zero-order valence-corrected chi connectivity index (χ0v) is 10.1. The molecule has 0 bridgehead atoms. The fraction of sp³-hybridized carbons (Fsp3) is 0.417. The molecule has 1 fully saturated rings. The third-order valence-electron chi connectivity index (χ3n) is 3.17. The second kappa shape index (κ2) is 3.97. The monoisotopic (exact) mass is 246 g/mol. The number of fused-ring (bicyclic) bond motifs is 1. The zero-order valence-electron chi connectivity index (χ0n) is 10.1. The van der Waals surface area contributed by atoms with Gasteiger partial charge in [0.15, 0.2) is 5.65 Å². The fourth-order valence-corrected chi connectivity index (χ4v) is 2.29. The van der Waals surface area contributed by atoms with E-state index in [1.165, 1.54) is 0 Å². The number of aliphatic carboxylic acids is 1. The molecule has 0 atom stereocenters. The van der Waals surface area contributed by atoms with Crippen LogP contribution < -0.4 is 4.90 Å². The summed E-state index contributed by atoms with van der Waals surface area (Å²) >= 11 is 0. The van der Waals surface area contributed by atoms with Crippen LogP contribution in [0.5, 0.6) is 0 Å². The molecule has 0 saturated carbocycles. The topological polar surface area (TPSA) is 70.7 Å². The van der Waals surface area contributed by atoms with Crippen LogP contribution in [-0.4, -0.2) is 38.8 Å². The van der Waals surface area contributed by atoms with E-state index in [9.17, 15) is 4.79 Å². The maximum Gasteiger partial charge on any atom is 0.303 e. The van der Waals surface area contributed by atoms with E-state index in [4.69, 9.17) is 5.11 Å². The summed E-state index contributed by atoms with van der Waals surface area (Å²) in [6.45, 7) is 3.46. The van der Waals surface area contributed by atoms with Crippen LogP contribution in [0.1, 0.15) is 12.1 Å². The molecular weight excluding hydrogens is 232 g/mol. The highest BCUT2D eigenvalue weighted by molar-refractivity contribution is 5.67. The molecule has 1 saturated heterocycles. The number of rotatable bonds is 3. The highest BCUT2D eigenvalue weighted by Crippen LogP contribution is 2.24. The Morgan fingerprint density at radius 1 is 1.50 bits per heavy atom. The highest BCUT2D eigenvalue weighted by atomic mass is 16.4. The van der Waals surface area contributed by atoms with Crippen LogP contribution in [0.15, 0.2) is 18.3 Å². The summed E-state index contributed by atoms with van der Waals surface area (Å²) in [6.07, 6.45) is 2.12. The third-order valence-corrected chi connectivity index (χ3v) is 3.17. The zero-order chi connectivity index (χ0) is 12.7. The molecule has 6 heteroatoms. The van der Waals surface area contributed by atoms with Gasteiger partial charge in [-0.3, -0.25) is 4.79 Å². The van der Waals surface area contributed by atoms with Crippen LogP contribution in [0.25, 0.3) is 5.65 Å². The number of imidazole rings is 1. The minimum absolute atomic E-state index is 0.239. The van der Waals surface area contributed by atoms with Crippen molar-refractivity contribution in [2.45, 2.75) is 13.3 Å². The summed E-state index contributed by atoms with van der Waals surface area (Å²) in [5.41, 5.74) is 1.77. The Hall–Kier alpha value is -2.11. The summed E-state index contributed by atoms with van der Waals surface area (Å²) in [5, 5.41) is 13.2. The van der Waals surface area contributed by atoms with Crippen LogP contribution in [-0.2, 0) is 4.79 Å². The van der Waals surface area contributed by atoms with Gasteiger partial charge in [0.05, 0.1) is 18.3 Å². The van der Waals surface area contributed by atoms with Crippen molar-refractivity contribution in [1.29, 1.82) is 0 Å². The van der Waals surface area contributed by atoms with Gasteiger partial charge in [-0.15, -0.1) is 5.10 Å². The lowest BCUT2D eigenvalue weighted by Gasteiger charge is -2.39. The van der Waals surface area contributed by atoms with Gasteiger partial charge in [0.1, 0.15) is 5.82 Å². The van der Waals surface area contributed by atoms with Gasteiger partial charge < -0.3 is 10.0 Å². The predicted octanol–water partition coefficient (Wildman–Crippen LogP) is 0.949. The van der Waals surface area contributed by atoms with Crippen LogP contribution >= 0.6 is 0 Å². The molecule has 3 rings (SSSR count). The van der Waals surface area contributed by atoms with E-state index >= 15 is 0 Å². The number of hydrogen-bond acceptors (Lipinski definition) is 4. The molecule has 3 heterocycles. The summed E-state index contributed by atoms with van der Waals surface area (Å²) in [4.78, 5) is 17.0. The van der Waals surface area contributed by atoms with Crippen LogP contribution in [0.4, 0.5) is 5.82 Å². The number of carbonyl (C=O) groups is 1. The molecule has 2 aromatic heterocycles. The standard InChI is InChI=1S/C12H14N4O2/c1-8-5-16-10(13-8)2-3-11(14-16)15-6-9(7-15)4-12(17)18/h2-3,5,9H,4,6-7H2,1H3,(H,17,18). The summed E-state index contributed by atoms with van der Waals surface area (Å²) in [5.74, 6) is 0.388. The number of aromatic nitrogens is 3. The number of anilines is 1. The first-order valence-corrected chi connectivity index (χ1v) is 5.91. The Morgan fingerprint density at radius 3 is 3.00 bits per heavy atom. The molecule has 0 amide bonds. The molecule has 1 aliphatic rings. The molecule has 0 aromatic carbocycles. The van der Waals surface area contributed by atoms with Crippen molar-refractivity contribution >= 4 is 17.4 Å². The number of carboxylic acids is 1. The van der Waals surface area contributed by atoms with Gasteiger partial charge in [-0.25, -0.2) is 9.50 Å². The SMILES string of the molecule is Cc1cn2nc(N3CC(CC(=O)O)C3)ccc2n1. The normalized spacial score (nSPS) is 15.9. The maximum atomic E-state index is 10.6. The lowest BCUT2D eigenvalue weighted by molar-refractivity contribution is -0.138. The summed E-state index contributed by atoms with van der Waals surface area (Å²) in [6, 6.07) is 3.86. The van der Waals surface area contributed by atoms with Crippen LogP contribution in [0.2, 0.25) is 0 Å². The molecule has 0 unspecified atom stereocenters. The van der Waals surface area contributed by atoms with E-state index in [0.29, 0.717) is 0 Å². The molecular formula is C12H14N4O2. The Kier molecular flexibility index (Phi) is 2.43. The smallest absolute Gasteiger partial charge is 0.303 e. The van der Waals surface area contributed by atoms with E-state index in [1.54, 1.807) is 4.52 Å². The maximum absolute atomic E-state index is 10.6. The molecule has 6 nitrogen and oxygen atoms in total. The van der Waals surface area contributed by atoms with E-state index < -0.39 is 5.97 Å². The Bertz CT molecular complexity index is 601. The number of carboxylic acid groups (broad SMARTS) is 1. The van der Waals surface area contributed by atoms with Crippen molar-refractivity contribution in [2.24, 2.45) is 5.92 Å². The second-order valence-corrected chi connectivity index (χ2v) is 4.75. The Labute approximate surface area is 104 Å². The summed E-state index contributed by atoms with van der Waals surface area (Å²) < 4.78 is 1.76. The van der Waals surface area contributed by atoms with Gasteiger partial charge in [0.2, 0.25) is 0 Å². The van der Waals surface area contributed by atoms with E-state index in [2.05, 4.69) is 15.0 Å². The average molecular weight is 246 g/mol. The van der Waals surface area contributed by atoms with Gasteiger partial charge in [-0.1, -0.05) is 0 Å². The van der Waals surface area contributed by atoms with Crippen molar-refractivity contribution < 1.29 is 9.90 Å². The van der Waals surface area contributed by atoms with E-state index in [1.807, 2.05) is 25.3 Å². The van der Waals surface area contributed by atoms with Crippen molar-refractivity contribution in [3.8, 4) is 0 Å². The first-order valence-electron chi connectivity index (χ1n) is 5.91. The van der Waals surface area contributed by atoms with Crippen molar-refractivity contribution in [1.82, 2.24) is 14.6 Å². The van der Waals surface area contributed by atoms with E-state index in [-0.39, 0.29) is 12.3 Å². The molecule has 0 aliphatic carbocycles. The van der Waals surface area contributed by atoms with Gasteiger partial charge in [-0.05, 0) is 19.1 Å². The number of hydrogen-bond donors (Lipinski definition) is 1. The van der Waals surface area contributed by atoms with Crippen molar-refractivity contribution in [2.75, 3.05) is 18.0 Å². The van der Waals surface area contributed by atoms with Crippen LogP contribution in [0, 0.1) is 12.8 Å². The number of aryl methyl sites for hydroxylation is 1. The first-order chi connectivity index (χ1) is 8.61. The average Bonchev–Trinajstić information content (AvgIpc) is 2.61. The largest absolute Gasteiger partial charge is 0.481 e. The molecule has 1 N–H and O–H groups in total. The van der Waals surface area contributed by atoms with Crippen molar-refractivity contribution in [3.63, 3.8) is 0 Å². The molecule has 0 radical (unpaired) electrons. The molecule has 18 heavy (non-hydrogen) atoms. The fourth-order valence-electron chi connectivity index (χ4n) is 2.29. The minimum atomic E-state index is -0.728. The lowest BCUT2D eigenvalue weighted by atomic mass is 9.96. The Balaban J connectivity index is 1.74. The third kappa shape index (κ3) is 1.90. The van der Waals surface area contributed by atoms with Gasteiger partial charge in [0.25, 0.3) is 0 Å². The molecule has 2 aromatic rings. The quantitative estimate of drug-likeness (QED) is 0.873. The Morgan fingerprint density at radius 2 is 2.28 bits per heavy atom. The van der Waals surface area contributed by atoms with E-state index in [0.717, 1.165) is 30.2 Å². The van der Waals surface area contributed by atoms with Gasteiger partial charge >= 0.3 is 5.97 Å². The van der Waals surface area contributed by atoms with Gasteiger partial charge in [-0.2, -0.15) is 0 Å². The highest BCUT2D eigenvalue weighted by Gasteiger charge is 2.29. The van der Waals surface area contributed by atoms with Crippen molar-refractivity contribution in [3.05, 3.63) is 24.0 Å². The van der Waals surface area contributed by atoms with Crippen LogP contribution in [0.3, 0.4) is 0 Å². The molecule has 0 spiro atoms. The predicted molar refractivity (Wildman–Crippen MR) is 65.7 cm³/mol.